The van der Waals surface area contributed by atoms with Crippen molar-refractivity contribution < 1.29 is 22.7 Å². The molecule has 0 aliphatic rings. The number of halogens is 4. The third-order valence-corrected chi connectivity index (χ3v) is 3.18. The van der Waals surface area contributed by atoms with Crippen LogP contribution >= 0.6 is 11.6 Å². The maximum absolute atomic E-state index is 13.1. The monoisotopic (exact) mass is 329 g/mol. The largest absolute Gasteiger partial charge is 0.464 e. The van der Waals surface area contributed by atoms with Crippen molar-refractivity contribution in [3.63, 3.8) is 0 Å². The Bertz CT molecular complexity index is 729. The van der Waals surface area contributed by atoms with Gasteiger partial charge in [0.2, 0.25) is 0 Å². The van der Waals surface area contributed by atoms with E-state index < -0.39 is 17.7 Å². The van der Waals surface area contributed by atoms with Crippen LogP contribution in [0.3, 0.4) is 0 Å². The lowest BCUT2D eigenvalue weighted by Gasteiger charge is -2.14. The number of rotatable bonds is 2. The molecule has 1 heterocycles. The number of ether oxygens (including phenoxy) is 1. The first kappa shape index (κ1) is 16.3. The van der Waals surface area contributed by atoms with Gasteiger partial charge in [-0.15, -0.1) is 0 Å². The Morgan fingerprint density at radius 3 is 2.50 bits per heavy atom. The minimum atomic E-state index is -4.54. The molecular weight excluding hydrogens is 319 g/mol. The summed E-state index contributed by atoms with van der Waals surface area (Å²) >= 11 is 5.81. The van der Waals surface area contributed by atoms with Crippen LogP contribution in [0.1, 0.15) is 21.7 Å². The van der Waals surface area contributed by atoms with Crippen molar-refractivity contribution in [1.29, 1.82) is 0 Å². The second-order valence-corrected chi connectivity index (χ2v) is 5.00. The van der Waals surface area contributed by atoms with E-state index in [-0.39, 0.29) is 21.8 Å². The van der Waals surface area contributed by atoms with Crippen LogP contribution in [0.2, 0.25) is 5.02 Å². The highest BCUT2D eigenvalue weighted by molar-refractivity contribution is 6.30. The second-order valence-electron chi connectivity index (χ2n) is 4.56. The lowest BCUT2D eigenvalue weighted by atomic mass is 9.98. The molecule has 0 aliphatic carbocycles. The number of esters is 1. The van der Waals surface area contributed by atoms with E-state index in [1.807, 2.05) is 0 Å². The van der Waals surface area contributed by atoms with Gasteiger partial charge in [-0.3, -0.25) is 0 Å². The van der Waals surface area contributed by atoms with Crippen molar-refractivity contribution in [2.45, 2.75) is 13.1 Å². The van der Waals surface area contributed by atoms with E-state index in [1.54, 1.807) is 6.92 Å². The molecule has 1 aromatic carbocycles. The number of aryl methyl sites for hydroxylation is 1. The van der Waals surface area contributed by atoms with E-state index >= 15 is 0 Å². The molecule has 1 aromatic heterocycles. The number of nitrogens with zero attached hydrogens (tertiary/aromatic N) is 1. The predicted octanol–water partition coefficient (Wildman–Crippen LogP) is 4.52. The third kappa shape index (κ3) is 3.39. The van der Waals surface area contributed by atoms with Crippen molar-refractivity contribution in [2.75, 3.05) is 7.11 Å². The van der Waals surface area contributed by atoms with Gasteiger partial charge in [-0.1, -0.05) is 11.6 Å². The van der Waals surface area contributed by atoms with Gasteiger partial charge in [-0.25, -0.2) is 9.78 Å². The van der Waals surface area contributed by atoms with Crippen molar-refractivity contribution in [2.24, 2.45) is 0 Å². The van der Waals surface area contributed by atoms with E-state index in [0.717, 1.165) is 6.07 Å². The maximum atomic E-state index is 13.1. The van der Waals surface area contributed by atoms with E-state index in [2.05, 4.69) is 9.72 Å². The average molecular weight is 330 g/mol. The Hall–Kier alpha value is -2.08. The normalized spacial score (nSPS) is 11.4. The molecule has 0 saturated heterocycles. The Labute approximate surface area is 129 Å². The topological polar surface area (TPSA) is 39.2 Å². The first-order valence-electron chi connectivity index (χ1n) is 6.16. The molecule has 7 heteroatoms. The second kappa shape index (κ2) is 5.96. The van der Waals surface area contributed by atoms with Gasteiger partial charge >= 0.3 is 12.1 Å². The molecule has 2 aromatic rings. The zero-order valence-electron chi connectivity index (χ0n) is 11.7. The number of pyridine rings is 1. The standard InChI is InChI=1S/C15H11ClF3NO2/c1-8-5-9(6-13(20-8)14(21)22-2)11-7-10(16)3-4-12(11)15(17,18)19/h3-7H,1-2H3. The number of benzene rings is 1. The van der Waals surface area contributed by atoms with Crippen LogP contribution < -0.4 is 0 Å². The molecule has 0 saturated carbocycles. The highest BCUT2D eigenvalue weighted by atomic mass is 35.5. The molecule has 3 nitrogen and oxygen atoms in total. The molecule has 116 valence electrons. The van der Waals surface area contributed by atoms with E-state index in [1.165, 1.54) is 31.4 Å². The number of carbonyl (C=O) groups excluding carboxylic acids is 1. The predicted molar refractivity (Wildman–Crippen MR) is 75.8 cm³/mol. The smallest absolute Gasteiger partial charge is 0.417 e. The molecule has 2 rings (SSSR count). The lowest BCUT2D eigenvalue weighted by molar-refractivity contribution is -0.137. The highest BCUT2D eigenvalue weighted by Crippen LogP contribution is 2.38. The van der Waals surface area contributed by atoms with E-state index in [4.69, 9.17) is 11.6 Å². The molecule has 0 spiro atoms. The van der Waals surface area contributed by atoms with Crippen LogP contribution in [-0.2, 0) is 10.9 Å². The van der Waals surface area contributed by atoms with E-state index in [9.17, 15) is 18.0 Å². The van der Waals surface area contributed by atoms with Crippen LogP contribution in [0.5, 0.6) is 0 Å². The van der Waals surface area contributed by atoms with Gasteiger partial charge in [0.1, 0.15) is 5.69 Å². The summed E-state index contributed by atoms with van der Waals surface area (Å²) in [5.41, 5.74) is -0.423. The zero-order chi connectivity index (χ0) is 16.5. The quantitative estimate of drug-likeness (QED) is 0.761. The maximum Gasteiger partial charge on any atom is 0.417 e. The fourth-order valence-electron chi connectivity index (χ4n) is 2.04. The first-order valence-corrected chi connectivity index (χ1v) is 6.54. The van der Waals surface area contributed by atoms with Crippen LogP contribution in [0, 0.1) is 6.92 Å². The van der Waals surface area contributed by atoms with Crippen LogP contribution in [-0.4, -0.2) is 18.1 Å². The molecule has 0 atom stereocenters. The molecule has 0 fully saturated rings. The minimum Gasteiger partial charge on any atom is -0.464 e. The van der Waals surface area contributed by atoms with Crippen LogP contribution in [0.4, 0.5) is 13.2 Å². The summed E-state index contributed by atoms with van der Waals surface area (Å²) in [6.45, 7) is 1.58. The first-order chi connectivity index (χ1) is 10.2. The lowest BCUT2D eigenvalue weighted by Crippen LogP contribution is -2.09. The Morgan fingerprint density at radius 2 is 1.91 bits per heavy atom. The zero-order valence-corrected chi connectivity index (χ0v) is 12.4. The Morgan fingerprint density at radius 1 is 1.23 bits per heavy atom. The SMILES string of the molecule is COC(=O)c1cc(-c2cc(Cl)ccc2C(F)(F)F)cc(C)n1. The molecule has 0 amide bonds. The fourth-order valence-corrected chi connectivity index (χ4v) is 2.21. The number of carbonyl (C=O) groups is 1. The summed E-state index contributed by atoms with van der Waals surface area (Å²) in [6.07, 6.45) is -4.54. The van der Waals surface area contributed by atoms with Crippen LogP contribution in [0.15, 0.2) is 30.3 Å². The molecular formula is C15H11ClF3NO2. The van der Waals surface area contributed by atoms with Crippen LogP contribution in [0.25, 0.3) is 11.1 Å². The summed E-state index contributed by atoms with van der Waals surface area (Å²) in [5.74, 6) is -0.722. The van der Waals surface area contributed by atoms with Crippen molar-refractivity contribution in [3.05, 3.63) is 52.3 Å². The van der Waals surface area contributed by atoms with E-state index in [0.29, 0.717) is 5.69 Å². The van der Waals surface area contributed by atoms with Gasteiger partial charge in [-0.05, 0) is 48.4 Å². The number of methoxy groups -OCH3 is 1. The summed E-state index contributed by atoms with van der Waals surface area (Å²) < 4.78 is 44.0. The summed E-state index contributed by atoms with van der Waals surface area (Å²) in [7, 11) is 1.17. The highest BCUT2D eigenvalue weighted by Gasteiger charge is 2.34. The van der Waals surface area contributed by atoms with Gasteiger partial charge < -0.3 is 4.74 Å². The summed E-state index contributed by atoms with van der Waals surface area (Å²) in [4.78, 5) is 15.5. The number of hydrogen-bond acceptors (Lipinski definition) is 3. The number of hydrogen-bond donors (Lipinski definition) is 0. The van der Waals surface area contributed by atoms with Gasteiger partial charge in [0.15, 0.2) is 0 Å². The minimum absolute atomic E-state index is 0.0643. The fraction of sp³-hybridized carbons (Fsp3) is 0.200. The number of aromatic nitrogens is 1. The van der Waals surface area contributed by atoms with Crippen molar-refractivity contribution >= 4 is 17.6 Å². The molecule has 0 aliphatic heterocycles. The number of alkyl halides is 3. The Balaban J connectivity index is 2.69. The van der Waals surface area contributed by atoms with Gasteiger partial charge in [-0.2, -0.15) is 13.2 Å². The van der Waals surface area contributed by atoms with Crippen molar-refractivity contribution in [3.8, 4) is 11.1 Å². The van der Waals surface area contributed by atoms with Gasteiger partial charge in [0.05, 0.1) is 12.7 Å². The van der Waals surface area contributed by atoms with Crippen molar-refractivity contribution in [1.82, 2.24) is 4.98 Å². The third-order valence-electron chi connectivity index (χ3n) is 2.95. The molecule has 22 heavy (non-hydrogen) atoms. The molecule has 0 bridgehead atoms. The van der Waals surface area contributed by atoms with Gasteiger partial charge in [0.25, 0.3) is 0 Å². The van der Waals surface area contributed by atoms with Gasteiger partial charge in [0, 0.05) is 10.7 Å². The molecule has 0 N–H and O–H groups in total. The molecule has 0 unspecified atom stereocenters. The molecule has 0 radical (unpaired) electrons. The summed E-state index contributed by atoms with van der Waals surface area (Å²) in [6, 6.07) is 5.99. The average Bonchev–Trinajstić information content (AvgIpc) is 2.44. The summed E-state index contributed by atoms with van der Waals surface area (Å²) in [5, 5.41) is 0.164. The Kier molecular flexibility index (Phi) is 4.42.